The number of imidazole rings is 1. The first-order chi connectivity index (χ1) is 13.5. The molecule has 0 atom stereocenters. The Balaban J connectivity index is 2.05. The zero-order valence-electron chi connectivity index (χ0n) is 15.1. The van der Waals surface area contributed by atoms with Crippen LogP contribution in [0.25, 0.3) is 28.2 Å². The number of alkyl halides is 3. The van der Waals surface area contributed by atoms with Gasteiger partial charge in [0, 0.05) is 19.4 Å². The molecule has 0 radical (unpaired) electrons. The van der Waals surface area contributed by atoms with E-state index in [9.17, 15) is 21.6 Å². The zero-order chi connectivity index (χ0) is 21.1. The number of fused-ring (bicyclic) bond motifs is 2. The minimum Gasteiger partial charge on any atom is -0.310 e. The van der Waals surface area contributed by atoms with Crippen LogP contribution in [-0.4, -0.2) is 38.3 Å². The van der Waals surface area contributed by atoms with Gasteiger partial charge in [-0.25, -0.2) is 22.9 Å². The normalized spacial score (nSPS) is 12.9. The van der Waals surface area contributed by atoms with Gasteiger partial charge in [0.2, 0.25) is 0 Å². The highest BCUT2D eigenvalue weighted by Gasteiger charge is 2.33. The number of hydrogen-bond acceptors (Lipinski definition) is 5. The Bertz CT molecular complexity index is 1380. The minimum atomic E-state index is -4.57. The van der Waals surface area contributed by atoms with E-state index in [1.54, 1.807) is 0 Å². The van der Waals surface area contributed by atoms with Gasteiger partial charge in [0.25, 0.3) is 0 Å². The molecular formula is C17H13ClF3N5O2S. The molecule has 4 aromatic heterocycles. The number of halogens is 4. The van der Waals surface area contributed by atoms with Crippen molar-refractivity contribution in [1.29, 1.82) is 0 Å². The average Bonchev–Trinajstić information content (AvgIpc) is 3.18. The molecule has 0 N–H and O–H groups in total. The SMILES string of the molecule is CCS(=O)(=O)c1c(-c2nc3cc(C(F)(F)F)cnc3n2C)nn2cc(Cl)ccc12. The lowest BCUT2D eigenvalue weighted by Gasteiger charge is -2.05. The first-order valence-electron chi connectivity index (χ1n) is 8.33. The Labute approximate surface area is 167 Å². The molecule has 0 unspecified atom stereocenters. The van der Waals surface area contributed by atoms with Crippen LogP contribution in [0.2, 0.25) is 5.02 Å². The van der Waals surface area contributed by atoms with Gasteiger partial charge in [-0.1, -0.05) is 18.5 Å². The average molecular weight is 444 g/mol. The molecule has 0 aromatic carbocycles. The number of aryl methyl sites for hydroxylation is 1. The van der Waals surface area contributed by atoms with Gasteiger partial charge in [-0.05, 0) is 18.2 Å². The third-order valence-electron chi connectivity index (χ3n) is 4.49. The van der Waals surface area contributed by atoms with Crippen LogP contribution in [0.1, 0.15) is 12.5 Å². The third kappa shape index (κ3) is 3.14. The number of hydrogen-bond donors (Lipinski definition) is 0. The van der Waals surface area contributed by atoms with Crippen molar-refractivity contribution in [3.05, 3.63) is 41.2 Å². The van der Waals surface area contributed by atoms with Crippen LogP contribution in [0.5, 0.6) is 0 Å². The van der Waals surface area contributed by atoms with Crippen LogP contribution in [-0.2, 0) is 23.1 Å². The summed E-state index contributed by atoms with van der Waals surface area (Å²) in [6, 6.07) is 3.92. The maximum absolute atomic E-state index is 13.0. The molecular weight excluding hydrogens is 431 g/mol. The van der Waals surface area contributed by atoms with E-state index in [1.165, 1.54) is 41.4 Å². The van der Waals surface area contributed by atoms with Crippen molar-refractivity contribution in [3.8, 4) is 11.5 Å². The van der Waals surface area contributed by atoms with Gasteiger partial charge in [-0.3, -0.25) is 0 Å². The van der Waals surface area contributed by atoms with Crippen molar-refractivity contribution in [3.63, 3.8) is 0 Å². The number of nitrogens with zero attached hydrogens (tertiary/aromatic N) is 5. The highest BCUT2D eigenvalue weighted by atomic mass is 35.5. The smallest absolute Gasteiger partial charge is 0.310 e. The Morgan fingerprint density at radius 1 is 1.24 bits per heavy atom. The summed E-state index contributed by atoms with van der Waals surface area (Å²) in [6.45, 7) is 1.49. The van der Waals surface area contributed by atoms with Crippen LogP contribution in [0.15, 0.2) is 35.5 Å². The Morgan fingerprint density at radius 2 is 1.97 bits per heavy atom. The fraction of sp³-hybridized carbons (Fsp3) is 0.235. The fourth-order valence-electron chi connectivity index (χ4n) is 3.04. The molecule has 12 heteroatoms. The second-order valence-corrected chi connectivity index (χ2v) is 8.97. The molecule has 7 nitrogen and oxygen atoms in total. The van der Waals surface area contributed by atoms with Gasteiger partial charge in [0.1, 0.15) is 16.1 Å². The van der Waals surface area contributed by atoms with Crippen molar-refractivity contribution in [2.75, 3.05) is 5.75 Å². The summed E-state index contributed by atoms with van der Waals surface area (Å²) in [6.07, 6.45) is -2.42. The molecule has 29 heavy (non-hydrogen) atoms. The number of sulfone groups is 1. The quantitative estimate of drug-likeness (QED) is 0.481. The molecule has 0 saturated heterocycles. The summed E-state index contributed by atoms with van der Waals surface area (Å²) in [5.41, 5.74) is -0.488. The monoisotopic (exact) mass is 443 g/mol. The molecule has 0 aliphatic rings. The lowest BCUT2D eigenvalue weighted by Crippen LogP contribution is -2.06. The molecule has 0 saturated carbocycles. The highest BCUT2D eigenvalue weighted by Crippen LogP contribution is 2.34. The van der Waals surface area contributed by atoms with Crippen LogP contribution < -0.4 is 0 Å². The van der Waals surface area contributed by atoms with Crippen LogP contribution in [0.3, 0.4) is 0 Å². The fourth-order valence-corrected chi connectivity index (χ4v) is 4.39. The maximum Gasteiger partial charge on any atom is 0.417 e. The van der Waals surface area contributed by atoms with Gasteiger partial charge < -0.3 is 4.57 Å². The van der Waals surface area contributed by atoms with E-state index in [0.29, 0.717) is 16.7 Å². The molecule has 152 valence electrons. The Morgan fingerprint density at radius 3 is 2.62 bits per heavy atom. The van der Waals surface area contributed by atoms with E-state index in [2.05, 4.69) is 15.1 Å². The molecule has 4 rings (SSSR count). The molecule has 0 spiro atoms. The van der Waals surface area contributed by atoms with E-state index < -0.39 is 21.6 Å². The standard InChI is InChI=1S/C17H13ClF3N5O2S/c1-3-29(27,28)14-12-5-4-10(18)8-26(12)24-13(14)16-23-11-6-9(17(19,20)21)7-22-15(11)25(16)2/h4-8H,3H2,1-2H3. The van der Waals surface area contributed by atoms with Crippen LogP contribution >= 0.6 is 11.6 Å². The molecule has 0 bridgehead atoms. The van der Waals surface area contributed by atoms with E-state index in [0.717, 1.165) is 6.07 Å². The number of pyridine rings is 2. The summed E-state index contributed by atoms with van der Waals surface area (Å²) >= 11 is 5.98. The maximum atomic E-state index is 13.0. The van der Waals surface area contributed by atoms with Gasteiger partial charge in [0.05, 0.1) is 21.9 Å². The second-order valence-electron chi connectivity index (χ2n) is 6.32. The molecule has 4 aromatic rings. The summed E-state index contributed by atoms with van der Waals surface area (Å²) in [5.74, 6) is -0.108. The predicted molar refractivity (Wildman–Crippen MR) is 100 cm³/mol. The largest absolute Gasteiger partial charge is 0.417 e. The molecule has 0 amide bonds. The number of aromatic nitrogens is 5. The summed E-state index contributed by atoms with van der Waals surface area (Å²) < 4.78 is 67.3. The van der Waals surface area contributed by atoms with Crippen molar-refractivity contribution in [2.45, 2.75) is 18.0 Å². The zero-order valence-corrected chi connectivity index (χ0v) is 16.6. The minimum absolute atomic E-state index is 0.0168. The molecule has 0 fully saturated rings. The lowest BCUT2D eigenvalue weighted by atomic mass is 10.2. The first-order valence-corrected chi connectivity index (χ1v) is 10.4. The van der Waals surface area contributed by atoms with E-state index in [-0.39, 0.29) is 33.3 Å². The first kappa shape index (κ1) is 19.6. The summed E-state index contributed by atoms with van der Waals surface area (Å²) in [4.78, 5) is 7.99. The third-order valence-corrected chi connectivity index (χ3v) is 6.50. The summed E-state index contributed by atoms with van der Waals surface area (Å²) in [5, 5.41) is 4.65. The predicted octanol–water partition coefficient (Wildman–Crippen LogP) is 3.75. The van der Waals surface area contributed by atoms with Crippen LogP contribution in [0, 0.1) is 0 Å². The van der Waals surface area contributed by atoms with Gasteiger partial charge in [-0.2, -0.15) is 18.3 Å². The molecule has 0 aliphatic heterocycles. The van der Waals surface area contributed by atoms with E-state index >= 15 is 0 Å². The highest BCUT2D eigenvalue weighted by molar-refractivity contribution is 7.91. The van der Waals surface area contributed by atoms with E-state index in [4.69, 9.17) is 11.6 Å². The topological polar surface area (TPSA) is 82.1 Å². The van der Waals surface area contributed by atoms with Crippen molar-refractivity contribution in [2.24, 2.45) is 7.05 Å². The molecule has 4 heterocycles. The van der Waals surface area contributed by atoms with Gasteiger partial charge in [-0.15, -0.1) is 0 Å². The Kier molecular flexibility index (Phi) is 4.35. The second kappa shape index (κ2) is 6.42. The van der Waals surface area contributed by atoms with Crippen molar-refractivity contribution >= 4 is 38.1 Å². The number of rotatable bonds is 3. The van der Waals surface area contributed by atoms with E-state index in [1.807, 2.05) is 0 Å². The van der Waals surface area contributed by atoms with Crippen LogP contribution in [0.4, 0.5) is 13.2 Å². The Hall–Kier alpha value is -2.66. The van der Waals surface area contributed by atoms with Gasteiger partial charge >= 0.3 is 6.18 Å². The summed E-state index contributed by atoms with van der Waals surface area (Å²) in [7, 11) is -2.21. The van der Waals surface area contributed by atoms with Crippen molar-refractivity contribution in [1.82, 2.24) is 24.1 Å². The van der Waals surface area contributed by atoms with Crippen molar-refractivity contribution < 1.29 is 21.6 Å². The van der Waals surface area contributed by atoms with Gasteiger partial charge in [0.15, 0.2) is 21.3 Å². The molecule has 0 aliphatic carbocycles. The lowest BCUT2D eigenvalue weighted by molar-refractivity contribution is -0.137.